The maximum atomic E-state index is 9.74. The van der Waals surface area contributed by atoms with Crippen molar-refractivity contribution in [1.29, 1.82) is 0 Å². The zero-order chi connectivity index (χ0) is 20.1. The lowest BCUT2D eigenvalue weighted by molar-refractivity contribution is 0.126. The Morgan fingerprint density at radius 2 is 2.10 bits per heavy atom. The number of anilines is 2. The SMILES string of the molecule is NC=C(C=Nc1ccncn1)Nc1nc(NC2CCC(O)CC2)c2sccc2n1. The highest BCUT2D eigenvalue weighted by Gasteiger charge is 2.21. The number of hydrogen-bond donors (Lipinski definition) is 4. The molecule has 3 aromatic heterocycles. The average molecular weight is 411 g/mol. The molecule has 1 aliphatic rings. The molecule has 150 valence electrons. The van der Waals surface area contributed by atoms with E-state index in [-0.39, 0.29) is 12.1 Å². The average Bonchev–Trinajstić information content (AvgIpc) is 3.22. The van der Waals surface area contributed by atoms with Gasteiger partial charge in [-0.15, -0.1) is 11.3 Å². The number of nitrogens with one attached hydrogen (secondary N) is 2. The molecular weight excluding hydrogens is 388 g/mol. The summed E-state index contributed by atoms with van der Waals surface area (Å²) in [6.45, 7) is 0. The van der Waals surface area contributed by atoms with Crippen LogP contribution in [0, 0.1) is 0 Å². The minimum absolute atomic E-state index is 0.191. The number of nitrogens with two attached hydrogens (primary N) is 1. The van der Waals surface area contributed by atoms with Crippen molar-refractivity contribution in [3.63, 3.8) is 0 Å². The molecule has 5 N–H and O–H groups in total. The maximum absolute atomic E-state index is 9.74. The van der Waals surface area contributed by atoms with Crippen LogP contribution in [0.2, 0.25) is 0 Å². The molecule has 0 aromatic carbocycles. The second-order valence-corrected chi connectivity index (χ2v) is 7.67. The van der Waals surface area contributed by atoms with Gasteiger partial charge < -0.3 is 21.5 Å². The van der Waals surface area contributed by atoms with E-state index in [1.807, 2.05) is 11.4 Å². The molecule has 0 unspecified atom stereocenters. The van der Waals surface area contributed by atoms with E-state index in [9.17, 15) is 5.11 Å². The van der Waals surface area contributed by atoms with Gasteiger partial charge in [0.1, 0.15) is 12.1 Å². The van der Waals surface area contributed by atoms with Gasteiger partial charge >= 0.3 is 0 Å². The molecule has 0 atom stereocenters. The third-order valence-electron chi connectivity index (χ3n) is 4.68. The number of rotatable bonds is 6. The second kappa shape index (κ2) is 8.93. The van der Waals surface area contributed by atoms with Crippen LogP contribution in [0.1, 0.15) is 25.7 Å². The number of allylic oxidation sites excluding steroid dienone is 1. The lowest BCUT2D eigenvalue weighted by atomic mass is 9.93. The zero-order valence-corrected chi connectivity index (χ0v) is 16.5. The molecule has 3 aromatic rings. The van der Waals surface area contributed by atoms with Crippen molar-refractivity contribution in [2.75, 3.05) is 10.6 Å². The number of aromatic nitrogens is 4. The Labute approximate surface area is 171 Å². The second-order valence-electron chi connectivity index (χ2n) is 6.75. The Morgan fingerprint density at radius 3 is 2.86 bits per heavy atom. The number of aliphatic imine (C=N–C) groups is 1. The van der Waals surface area contributed by atoms with Gasteiger partial charge in [0.2, 0.25) is 5.95 Å². The van der Waals surface area contributed by atoms with Crippen LogP contribution in [-0.2, 0) is 0 Å². The van der Waals surface area contributed by atoms with Crippen molar-refractivity contribution in [2.45, 2.75) is 37.8 Å². The Kier molecular flexibility index (Phi) is 5.92. The molecule has 0 amide bonds. The number of nitrogens with zero attached hydrogens (tertiary/aromatic N) is 5. The van der Waals surface area contributed by atoms with Gasteiger partial charge in [-0.1, -0.05) is 0 Å². The third kappa shape index (κ3) is 4.84. The van der Waals surface area contributed by atoms with Crippen LogP contribution in [-0.4, -0.2) is 43.4 Å². The summed E-state index contributed by atoms with van der Waals surface area (Å²) in [5.41, 5.74) is 7.14. The van der Waals surface area contributed by atoms with Crippen LogP contribution in [0.3, 0.4) is 0 Å². The van der Waals surface area contributed by atoms with E-state index in [1.54, 1.807) is 29.8 Å². The minimum atomic E-state index is -0.191. The summed E-state index contributed by atoms with van der Waals surface area (Å²) in [5, 5.41) is 18.4. The highest BCUT2D eigenvalue weighted by Crippen LogP contribution is 2.30. The summed E-state index contributed by atoms with van der Waals surface area (Å²) < 4.78 is 1.01. The molecule has 1 saturated carbocycles. The van der Waals surface area contributed by atoms with Gasteiger partial charge in [-0.05, 0) is 37.1 Å². The van der Waals surface area contributed by atoms with Gasteiger partial charge in [0.05, 0.1) is 28.2 Å². The van der Waals surface area contributed by atoms with Crippen molar-refractivity contribution in [1.82, 2.24) is 19.9 Å². The molecule has 0 bridgehead atoms. The molecule has 0 radical (unpaired) electrons. The molecule has 10 heteroatoms. The van der Waals surface area contributed by atoms with E-state index >= 15 is 0 Å². The fourth-order valence-electron chi connectivity index (χ4n) is 3.17. The van der Waals surface area contributed by atoms with Gasteiger partial charge in [-0.25, -0.2) is 19.9 Å². The van der Waals surface area contributed by atoms with E-state index in [0.29, 0.717) is 17.5 Å². The third-order valence-corrected chi connectivity index (χ3v) is 5.59. The lowest BCUT2D eigenvalue weighted by Gasteiger charge is -2.26. The molecule has 0 aliphatic heterocycles. The van der Waals surface area contributed by atoms with Crippen molar-refractivity contribution < 1.29 is 5.11 Å². The molecule has 1 aliphatic carbocycles. The molecule has 1 fully saturated rings. The van der Waals surface area contributed by atoms with Gasteiger partial charge in [-0.2, -0.15) is 4.98 Å². The van der Waals surface area contributed by atoms with Crippen LogP contribution in [0.4, 0.5) is 17.6 Å². The Balaban J connectivity index is 1.53. The van der Waals surface area contributed by atoms with Crippen LogP contribution in [0.5, 0.6) is 0 Å². The zero-order valence-electron chi connectivity index (χ0n) is 15.7. The highest BCUT2D eigenvalue weighted by molar-refractivity contribution is 7.17. The predicted molar refractivity (Wildman–Crippen MR) is 115 cm³/mol. The lowest BCUT2D eigenvalue weighted by Crippen LogP contribution is -2.28. The molecule has 0 spiro atoms. The van der Waals surface area contributed by atoms with Crippen LogP contribution >= 0.6 is 11.3 Å². The van der Waals surface area contributed by atoms with E-state index in [1.165, 1.54) is 12.5 Å². The van der Waals surface area contributed by atoms with Crippen LogP contribution in [0.15, 0.2) is 46.9 Å². The summed E-state index contributed by atoms with van der Waals surface area (Å²) in [6.07, 6.45) is 9.28. The van der Waals surface area contributed by atoms with Crippen molar-refractivity contribution in [2.24, 2.45) is 10.7 Å². The van der Waals surface area contributed by atoms with Crippen LogP contribution in [0.25, 0.3) is 10.2 Å². The van der Waals surface area contributed by atoms with Crippen molar-refractivity contribution >= 4 is 45.4 Å². The van der Waals surface area contributed by atoms with E-state index < -0.39 is 0 Å². The molecule has 9 nitrogen and oxygen atoms in total. The van der Waals surface area contributed by atoms with Gasteiger partial charge in [-0.3, -0.25) is 0 Å². The first-order valence-corrected chi connectivity index (χ1v) is 10.3. The quantitative estimate of drug-likeness (QED) is 0.456. The Bertz CT molecular complexity index is 1010. The van der Waals surface area contributed by atoms with Gasteiger partial charge in [0.15, 0.2) is 5.82 Å². The standard InChI is InChI=1S/C19H22N8OS/c20-9-13(10-22-16-5-7-21-11-23-16)25-19-26-15-6-8-29-17(15)18(27-19)24-12-1-3-14(28)4-2-12/h5-12,14,28H,1-4,20H2,(H2,24,25,26,27). The monoisotopic (exact) mass is 410 g/mol. The van der Waals surface area contributed by atoms with Crippen LogP contribution < -0.4 is 16.4 Å². The highest BCUT2D eigenvalue weighted by atomic mass is 32.1. The molecule has 4 rings (SSSR count). The molecule has 0 saturated heterocycles. The van der Waals surface area contributed by atoms with Gasteiger partial charge in [0, 0.05) is 24.5 Å². The fourth-order valence-corrected chi connectivity index (χ4v) is 3.96. The summed E-state index contributed by atoms with van der Waals surface area (Å²) in [4.78, 5) is 21.4. The number of aliphatic hydroxyl groups excluding tert-OH is 1. The predicted octanol–water partition coefficient (Wildman–Crippen LogP) is 2.81. The topological polar surface area (TPSA) is 134 Å². The van der Waals surface area contributed by atoms with E-state index in [0.717, 1.165) is 41.7 Å². The number of aliphatic hydroxyl groups is 1. The number of hydrogen-bond acceptors (Lipinski definition) is 10. The Hall–Kier alpha value is -3.11. The molecule has 3 heterocycles. The number of thiophene rings is 1. The van der Waals surface area contributed by atoms with Gasteiger partial charge in [0.25, 0.3) is 0 Å². The fraction of sp³-hybridized carbons (Fsp3) is 0.316. The van der Waals surface area contributed by atoms with Crippen molar-refractivity contribution in [3.05, 3.63) is 41.9 Å². The summed E-state index contributed by atoms with van der Waals surface area (Å²) in [7, 11) is 0. The minimum Gasteiger partial charge on any atom is -0.403 e. The number of fused-ring (bicyclic) bond motifs is 1. The largest absolute Gasteiger partial charge is 0.403 e. The summed E-state index contributed by atoms with van der Waals surface area (Å²) in [6, 6.07) is 3.95. The van der Waals surface area contributed by atoms with E-state index in [4.69, 9.17) is 5.73 Å². The van der Waals surface area contributed by atoms with E-state index in [2.05, 4.69) is 35.6 Å². The normalized spacial score (nSPS) is 20.2. The first kappa shape index (κ1) is 19.2. The molecular formula is C19H22N8OS. The Morgan fingerprint density at radius 1 is 1.24 bits per heavy atom. The molecule has 29 heavy (non-hydrogen) atoms. The smallest absolute Gasteiger partial charge is 0.229 e. The summed E-state index contributed by atoms with van der Waals surface area (Å²) in [5.74, 6) is 1.75. The van der Waals surface area contributed by atoms with Crippen molar-refractivity contribution in [3.8, 4) is 0 Å². The first-order chi connectivity index (χ1) is 14.2. The maximum Gasteiger partial charge on any atom is 0.229 e. The summed E-state index contributed by atoms with van der Waals surface area (Å²) >= 11 is 1.60. The first-order valence-electron chi connectivity index (χ1n) is 9.40.